The van der Waals surface area contributed by atoms with Gasteiger partial charge in [-0.25, -0.2) is 0 Å². The Balaban J connectivity index is 2.80. The highest BCUT2D eigenvalue weighted by Crippen LogP contribution is 2.76. The average Bonchev–Trinajstić information content (AvgIpc) is 2.57. The number of esters is 1. The van der Waals surface area contributed by atoms with Crippen LogP contribution in [0.5, 0.6) is 0 Å². The van der Waals surface area contributed by atoms with Crippen LogP contribution in [0.25, 0.3) is 0 Å². The molecule has 4 atom stereocenters. The van der Waals surface area contributed by atoms with Crippen LogP contribution in [-0.4, -0.2) is 38.2 Å². The van der Waals surface area contributed by atoms with E-state index in [1.165, 1.54) is 0 Å². The molecule has 2 aliphatic rings. The van der Waals surface area contributed by atoms with Crippen molar-refractivity contribution >= 4 is 81.5 Å². The van der Waals surface area contributed by atoms with Gasteiger partial charge in [-0.05, 0) is 0 Å². The van der Waals surface area contributed by atoms with E-state index in [9.17, 15) is 14.7 Å². The predicted octanol–water partition coefficient (Wildman–Crippen LogP) is 3.32. The van der Waals surface area contributed by atoms with E-state index >= 15 is 0 Å². The van der Waals surface area contributed by atoms with Gasteiger partial charge in [-0.2, -0.15) is 0 Å². The first-order valence-corrected chi connectivity index (χ1v) is 7.38. The van der Waals surface area contributed by atoms with E-state index in [0.717, 1.165) is 7.11 Å². The second-order valence-corrected chi connectivity index (χ2v) is 7.72. The predicted molar refractivity (Wildman–Crippen MR) is 77.0 cm³/mol. The van der Waals surface area contributed by atoms with Crippen molar-refractivity contribution in [3.8, 4) is 0 Å². The SMILES string of the molecule is COC(=O)[C@H]1[C@@H](C(=O)O)[C@]2(Cl)C(Cl)=C(Cl)[C@]1(Cl)C2(Cl)Cl. The molecular weight excluding hydrogens is 397 g/mol. The van der Waals surface area contributed by atoms with Crippen molar-refractivity contribution in [3.05, 3.63) is 10.1 Å². The number of ether oxygens (including phenoxy) is 1. The summed E-state index contributed by atoms with van der Waals surface area (Å²) in [5.74, 6) is -5.44. The molecule has 0 aromatic heterocycles. The molecule has 0 amide bonds. The summed E-state index contributed by atoms with van der Waals surface area (Å²) in [6.45, 7) is 0. The second-order valence-electron chi connectivity index (χ2n) is 4.44. The molecule has 0 saturated heterocycles. The van der Waals surface area contributed by atoms with Crippen LogP contribution in [0.4, 0.5) is 0 Å². The molecule has 0 radical (unpaired) electrons. The molecule has 2 rings (SSSR count). The molecular formula is C10H6Cl6O4. The van der Waals surface area contributed by atoms with Crippen molar-refractivity contribution < 1.29 is 19.4 Å². The zero-order valence-corrected chi connectivity index (χ0v) is 14.1. The zero-order chi connectivity index (χ0) is 15.7. The van der Waals surface area contributed by atoms with Crippen LogP contribution in [0.1, 0.15) is 0 Å². The summed E-state index contributed by atoms with van der Waals surface area (Å²) in [6, 6.07) is 0. The number of rotatable bonds is 2. The fraction of sp³-hybridized carbons (Fsp3) is 0.600. The second kappa shape index (κ2) is 4.71. The van der Waals surface area contributed by atoms with Gasteiger partial charge in [-0.3, -0.25) is 9.59 Å². The lowest BCUT2D eigenvalue weighted by Crippen LogP contribution is -2.45. The van der Waals surface area contributed by atoms with Crippen molar-refractivity contribution in [1.82, 2.24) is 0 Å². The van der Waals surface area contributed by atoms with Crippen LogP contribution in [0.2, 0.25) is 0 Å². The van der Waals surface area contributed by atoms with Gasteiger partial charge in [-0.1, -0.05) is 46.4 Å². The Bertz CT molecular complexity index is 546. The van der Waals surface area contributed by atoms with Crippen LogP contribution in [0, 0.1) is 11.8 Å². The summed E-state index contributed by atoms with van der Waals surface area (Å²) in [5.41, 5.74) is 0. The van der Waals surface area contributed by atoms with Gasteiger partial charge < -0.3 is 9.84 Å². The van der Waals surface area contributed by atoms with Crippen LogP contribution >= 0.6 is 69.6 Å². The van der Waals surface area contributed by atoms with Gasteiger partial charge in [0.1, 0.15) is 9.75 Å². The van der Waals surface area contributed by atoms with Gasteiger partial charge in [0.2, 0.25) is 0 Å². The zero-order valence-electron chi connectivity index (χ0n) is 9.59. The van der Waals surface area contributed by atoms with Crippen LogP contribution in [-0.2, 0) is 14.3 Å². The first-order valence-electron chi connectivity index (χ1n) is 5.12. The van der Waals surface area contributed by atoms with Crippen LogP contribution < -0.4 is 0 Å². The number of carboxylic acid groups (broad SMARTS) is 1. The Kier molecular flexibility index (Phi) is 3.95. The minimum Gasteiger partial charge on any atom is -0.481 e. The molecule has 0 unspecified atom stereocenters. The maximum absolute atomic E-state index is 11.9. The van der Waals surface area contributed by atoms with Gasteiger partial charge in [0.15, 0.2) is 4.33 Å². The number of alkyl halides is 4. The number of carbonyl (C=O) groups excluding carboxylic acids is 1. The molecule has 112 valence electrons. The Morgan fingerprint density at radius 3 is 1.80 bits per heavy atom. The lowest BCUT2D eigenvalue weighted by molar-refractivity contribution is -0.155. The summed E-state index contributed by atoms with van der Waals surface area (Å²) in [5, 5.41) is 8.83. The summed E-state index contributed by atoms with van der Waals surface area (Å²) in [4.78, 5) is 19.4. The third-order valence-corrected chi connectivity index (χ3v) is 7.92. The topological polar surface area (TPSA) is 63.6 Å². The summed E-state index contributed by atoms with van der Waals surface area (Å²) in [6.07, 6.45) is 0. The standard InChI is InChI=1S/C10H6Cl6O4/c1-20-7(19)3-2(6(17)18)8(13)4(11)5(12)9(3,14)10(8,15)16/h2-3H,1H3,(H,17,18)/t2-,3+,8-,9-/m0/s1. The molecule has 0 heterocycles. The monoisotopic (exact) mass is 400 g/mol. The maximum Gasteiger partial charge on any atom is 0.311 e. The minimum absolute atomic E-state index is 0.256. The van der Waals surface area contributed by atoms with E-state index in [1.807, 2.05) is 0 Å². The minimum atomic E-state index is -2.10. The van der Waals surface area contributed by atoms with Gasteiger partial charge in [-0.15, -0.1) is 23.2 Å². The summed E-state index contributed by atoms with van der Waals surface area (Å²) >= 11 is 36.9. The van der Waals surface area contributed by atoms with Crippen molar-refractivity contribution in [2.45, 2.75) is 14.1 Å². The molecule has 20 heavy (non-hydrogen) atoms. The van der Waals surface area contributed by atoms with E-state index in [4.69, 9.17) is 69.6 Å². The van der Waals surface area contributed by atoms with Gasteiger partial charge in [0, 0.05) is 0 Å². The number of fused-ring (bicyclic) bond motifs is 2. The van der Waals surface area contributed by atoms with Crippen molar-refractivity contribution in [2.24, 2.45) is 11.8 Å². The van der Waals surface area contributed by atoms with E-state index in [1.54, 1.807) is 0 Å². The van der Waals surface area contributed by atoms with Crippen molar-refractivity contribution in [3.63, 3.8) is 0 Å². The fourth-order valence-corrected chi connectivity index (χ4v) is 5.65. The quantitative estimate of drug-likeness (QED) is 0.568. The lowest BCUT2D eigenvalue weighted by Gasteiger charge is -2.32. The average molecular weight is 403 g/mol. The van der Waals surface area contributed by atoms with Gasteiger partial charge in [0.25, 0.3) is 0 Å². The Labute approximate surface area is 143 Å². The molecule has 4 nitrogen and oxygen atoms in total. The maximum atomic E-state index is 11.9. The molecule has 0 aromatic carbocycles. The number of hydrogen-bond acceptors (Lipinski definition) is 3. The smallest absolute Gasteiger partial charge is 0.311 e. The number of carboxylic acids is 1. The highest BCUT2D eigenvalue weighted by atomic mass is 35.5. The highest BCUT2D eigenvalue weighted by Gasteiger charge is 2.85. The van der Waals surface area contributed by atoms with Gasteiger partial charge in [0.05, 0.1) is 29.0 Å². The molecule has 0 spiro atoms. The molecule has 2 aliphatic carbocycles. The first kappa shape index (κ1) is 16.8. The summed E-state index contributed by atoms with van der Waals surface area (Å²) in [7, 11) is 1.07. The highest BCUT2D eigenvalue weighted by molar-refractivity contribution is 6.66. The fourth-order valence-electron chi connectivity index (χ4n) is 2.72. The lowest BCUT2D eigenvalue weighted by atomic mass is 9.82. The molecule has 0 aromatic rings. The van der Waals surface area contributed by atoms with E-state index in [2.05, 4.69) is 4.74 Å². The van der Waals surface area contributed by atoms with Crippen LogP contribution in [0.3, 0.4) is 0 Å². The molecule has 1 N–H and O–H groups in total. The molecule has 2 bridgehead atoms. The normalized spacial score (nSPS) is 42.0. The Hall–Kier alpha value is 0.420. The number of aliphatic carboxylic acids is 1. The Morgan fingerprint density at radius 1 is 1.05 bits per heavy atom. The number of methoxy groups -OCH3 is 1. The van der Waals surface area contributed by atoms with E-state index < -0.39 is 37.9 Å². The largest absolute Gasteiger partial charge is 0.481 e. The third kappa shape index (κ3) is 1.53. The number of halogens is 6. The molecule has 1 saturated carbocycles. The summed E-state index contributed by atoms with van der Waals surface area (Å²) < 4.78 is 2.47. The van der Waals surface area contributed by atoms with Crippen LogP contribution in [0.15, 0.2) is 10.1 Å². The number of allylic oxidation sites excluding steroid dienone is 2. The van der Waals surface area contributed by atoms with Gasteiger partial charge >= 0.3 is 11.9 Å². The van der Waals surface area contributed by atoms with E-state index in [0.29, 0.717) is 0 Å². The van der Waals surface area contributed by atoms with Crippen molar-refractivity contribution in [2.75, 3.05) is 7.11 Å². The van der Waals surface area contributed by atoms with E-state index in [-0.39, 0.29) is 10.1 Å². The molecule has 10 heteroatoms. The molecule has 0 aliphatic heterocycles. The molecule has 1 fully saturated rings. The Morgan fingerprint density at radius 2 is 1.45 bits per heavy atom. The first-order chi connectivity index (χ1) is 8.99. The number of carbonyl (C=O) groups is 2. The van der Waals surface area contributed by atoms with Crippen molar-refractivity contribution in [1.29, 1.82) is 0 Å². The third-order valence-electron chi connectivity index (χ3n) is 3.66. The number of hydrogen-bond donors (Lipinski definition) is 1.